The zero-order chi connectivity index (χ0) is 16.7. The molecule has 0 atom stereocenters. The number of amides is 2. The summed E-state index contributed by atoms with van der Waals surface area (Å²) in [5.74, 6) is -0.868. The first-order valence-electron chi connectivity index (χ1n) is 7.33. The van der Waals surface area contributed by atoms with Crippen LogP contribution in [-0.4, -0.2) is 30.3 Å². The molecule has 2 aromatic rings. The molecule has 0 saturated heterocycles. The molecule has 0 spiro atoms. The molecule has 0 saturated carbocycles. The summed E-state index contributed by atoms with van der Waals surface area (Å²) in [6.07, 6.45) is 0.0490. The van der Waals surface area contributed by atoms with Crippen molar-refractivity contribution in [2.24, 2.45) is 0 Å². The summed E-state index contributed by atoms with van der Waals surface area (Å²) in [5.41, 5.74) is 1.60. The second-order valence-electron chi connectivity index (χ2n) is 5.32. The third-order valence-electron chi connectivity index (χ3n) is 3.38. The molecule has 0 unspecified atom stereocenters. The molecule has 0 aliphatic heterocycles. The van der Waals surface area contributed by atoms with Crippen LogP contribution >= 0.6 is 0 Å². The summed E-state index contributed by atoms with van der Waals surface area (Å²) < 4.78 is 13.1. The first-order valence-corrected chi connectivity index (χ1v) is 7.33. The maximum atomic E-state index is 13.1. The van der Waals surface area contributed by atoms with E-state index < -0.39 is 0 Å². The van der Waals surface area contributed by atoms with E-state index >= 15 is 0 Å². The van der Waals surface area contributed by atoms with Gasteiger partial charge in [0.1, 0.15) is 5.82 Å². The van der Waals surface area contributed by atoms with Gasteiger partial charge in [0.2, 0.25) is 11.8 Å². The first kappa shape index (κ1) is 16.7. The molecule has 120 valence electrons. The highest BCUT2D eigenvalue weighted by Crippen LogP contribution is 2.04. The van der Waals surface area contributed by atoms with Gasteiger partial charge in [-0.1, -0.05) is 42.5 Å². The molecule has 5 heteroatoms. The summed E-state index contributed by atoms with van der Waals surface area (Å²) in [6.45, 7) is 0.414. The average molecular weight is 314 g/mol. The molecule has 2 rings (SSSR count). The fourth-order valence-electron chi connectivity index (χ4n) is 2.15. The molecule has 2 aromatic carbocycles. The predicted octanol–water partition coefficient (Wildman–Crippen LogP) is 2.14. The number of benzene rings is 2. The van der Waals surface area contributed by atoms with Gasteiger partial charge >= 0.3 is 0 Å². The number of hydrogen-bond acceptors (Lipinski definition) is 2. The number of carbonyl (C=O) groups excluding carboxylic acids is 2. The van der Waals surface area contributed by atoms with Gasteiger partial charge in [-0.15, -0.1) is 0 Å². The number of rotatable bonds is 6. The van der Waals surface area contributed by atoms with Crippen LogP contribution in [0.25, 0.3) is 0 Å². The van der Waals surface area contributed by atoms with Gasteiger partial charge in [-0.2, -0.15) is 0 Å². The van der Waals surface area contributed by atoms with Crippen molar-refractivity contribution in [1.82, 2.24) is 10.2 Å². The van der Waals surface area contributed by atoms with Crippen LogP contribution in [0.1, 0.15) is 11.1 Å². The summed E-state index contributed by atoms with van der Waals surface area (Å²) in [4.78, 5) is 25.4. The Morgan fingerprint density at radius 2 is 1.74 bits per heavy atom. The number of nitrogens with one attached hydrogen (secondary N) is 1. The fraction of sp³-hybridized carbons (Fsp3) is 0.222. The second-order valence-corrected chi connectivity index (χ2v) is 5.32. The molecule has 23 heavy (non-hydrogen) atoms. The highest BCUT2D eigenvalue weighted by molar-refractivity contribution is 5.85. The van der Waals surface area contributed by atoms with E-state index in [0.717, 1.165) is 5.56 Å². The lowest BCUT2D eigenvalue weighted by molar-refractivity contribution is -0.132. The van der Waals surface area contributed by atoms with Gasteiger partial charge < -0.3 is 10.2 Å². The topological polar surface area (TPSA) is 49.4 Å². The van der Waals surface area contributed by atoms with Crippen molar-refractivity contribution < 1.29 is 14.0 Å². The van der Waals surface area contributed by atoms with E-state index in [4.69, 9.17) is 0 Å². The fourth-order valence-corrected chi connectivity index (χ4v) is 2.15. The summed E-state index contributed by atoms with van der Waals surface area (Å²) >= 11 is 0. The van der Waals surface area contributed by atoms with E-state index in [1.807, 2.05) is 30.3 Å². The second kappa shape index (κ2) is 8.08. The van der Waals surface area contributed by atoms with Crippen molar-refractivity contribution in [3.8, 4) is 0 Å². The smallest absolute Gasteiger partial charge is 0.242 e. The van der Waals surface area contributed by atoms with Crippen LogP contribution in [-0.2, 0) is 22.6 Å². The molecule has 0 fully saturated rings. The van der Waals surface area contributed by atoms with Crippen LogP contribution in [0.3, 0.4) is 0 Å². The number of nitrogens with zero attached hydrogens (tertiary/aromatic N) is 1. The lowest BCUT2D eigenvalue weighted by Gasteiger charge is -2.17. The third-order valence-corrected chi connectivity index (χ3v) is 3.38. The van der Waals surface area contributed by atoms with E-state index in [1.54, 1.807) is 24.1 Å². The summed E-state index contributed by atoms with van der Waals surface area (Å²) in [7, 11) is 1.69. The minimum Gasteiger partial charge on any atom is -0.347 e. The molecular weight excluding hydrogens is 295 g/mol. The Kier molecular flexibility index (Phi) is 5.86. The number of halogens is 1. The Morgan fingerprint density at radius 3 is 2.43 bits per heavy atom. The minimum atomic E-state index is -0.381. The highest BCUT2D eigenvalue weighted by atomic mass is 19.1. The van der Waals surface area contributed by atoms with E-state index in [9.17, 15) is 14.0 Å². The number of carbonyl (C=O) groups is 2. The molecule has 4 nitrogen and oxygen atoms in total. The Morgan fingerprint density at radius 1 is 1.04 bits per heavy atom. The Hall–Kier alpha value is -2.69. The standard InChI is InChI=1S/C18H19FN2O2/c1-21(13-14-6-3-2-4-7-14)18(23)12-20-17(22)11-15-8-5-9-16(19)10-15/h2-10H,11-13H2,1H3,(H,20,22). The van der Waals surface area contributed by atoms with Gasteiger partial charge in [0.25, 0.3) is 0 Å². The van der Waals surface area contributed by atoms with Crippen molar-refractivity contribution in [3.05, 3.63) is 71.5 Å². The van der Waals surface area contributed by atoms with Crippen molar-refractivity contribution in [2.45, 2.75) is 13.0 Å². The lowest BCUT2D eigenvalue weighted by atomic mass is 10.1. The molecule has 0 aliphatic rings. The largest absolute Gasteiger partial charge is 0.347 e. The molecule has 0 aliphatic carbocycles. The van der Waals surface area contributed by atoms with Gasteiger partial charge in [-0.25, -0.2) is 4.39 Å². The van der Waals surface area contributed by atoms with E-state index in [2.05, 4.69) is 5.32 Å². The molecule has 0 heterocycles. The minimum absolute atomic E-state index is 0.0490. The summed E-state index contributed by atoms with van der Waals surface area (Å²) in [6, 6.07) is 15.5. The van der Waals surface area contributed by atoms with Crippen LogP contribution in [0.4, 0.5) is 4.39 Å². The zero-order valence-electron chi connectivity index (χ0n) is 13.0. The molecule has 1 N–H and O–H groups in total. The number of hydrogen-bond donors (Lipinski definition) is 1. The van der Waals surface area contributed by atoms with E-state index in [0.29, 0.717) is 12.1 Å². The van der Waals surface area contributed by atoms with Crippen molar-refractivity contribution in [2.75, 3.05) is 13.6 Å². The van der Waals surface area contributed by atoms with Crippen LogP contribution in [0.15, 0.2) is 54.6 Å². The molecule has 2 amide bonds. The predicted molar refractivity (Wildman–Crippen MR) is 86.0 cm³/mol. The first-order chi connectivity index (χ1) is 11.0. The molecule has 0 bridgehead atoms. The third kappa shape index (κ3) is 5.54. The molecule has 0 aromatic heterocycles. The van der Waals surface area contributed by atoms with Gasteiger partial charge in [-0.05, 0) is 23.3 Å². The van der Waals surface area contributed by atoms with E-state index in [-0.39, 0.29) is 30.6 Å². The maximum absolute atomic E-state index is 13.1. The summed E-state index contributed by atoms with van der Waals surface area (Å²) in [5, 5.41) is 2.56. The average Bonchev–Trinajstić information content (AvgIpc) is 2.53. The van der Waals surface area contributed by atoms with Crippen LogP contribution in [0.5, 0.6) is 0 Å². The zero-order valence-corrected chi connectivity index (χ0v) is 13.0. The molecule has 0 radical (unpaired) electrons. The monoisotopic (exact) mass is 314 g/mol. The SMILES string of the molecule is CN(Cc1ccccc1)C(=O)CNC(=O)Cc1cccc(F)c1. The van der Waals surface area contributed by atoms with Crippen LogP contribution in [0, 0.1) is 5.82 Å². The normalized spacial score (nSPS) is 10.2. The number of likely N-dealkylation sites (N-methyl/N-ethyl adjacent to an activating group) is 1. The maximum Gasteiger partial charge on any atom is 0.242 e. The quantitative estimate of drug-likeness (QED) is 0.888. The highest BCUT2D eigenvalue weighted by Gasteiger charge is 2.11. The van der Waals surface area contributed by atoms with Crippen molar-refractivity contribution >= 4 is 11.8 Å². The van der Waals surface area contributed by atoms with Crippen LogP contribution in [0.2, 0.25) is 0 Å². The van der Waals surface area contributed by atoms with Crippen molar-refractivity contribution in [1.29, 1.82) is 0 Å². The Labute approximate surface area is 134 Å². The lowest BCUT2D eigenvalue weighted by Crippen LogP contribution is -2.38. The van der Waals surface area contributed by atoms with Gasteiger partial charge in [0, 0.05) is 13.6 Å². The van der Waals surface area contributed by atoms with E-state index in [1.165, 1.54) is 12.1 Å². The van der Waals surface area contributed by atoms with Crippen LogP contribution < -0.4 is 5.32 Å². The Balaban J connectivity index is 1.78. The molecular formula is C18H19FN2O2. The van der Waals surface area contributed by atoms with Crippen molar-refractivity contribution in [3.63, 3.8) is 0 Å². The Bertz CT molecular complexity index is 674. The van der Waals surface area contributed by atoms with Gasteiger partial charge in [0.05, 0.1) is 13.0 Å². The van der Waals surface area contributed by atoms with Gasteiger partial charge in [0.15, 0.2) is 0 Å². The van der Waals surface area contributed by atoms with Gasteiger partial charge in [-0.3, -0.25) is 9.59 Å².